The molecule has 3 heterocycles. The fourth-order valence-corrected chi connectivity index (χ4v) is 16.9. The summed E-state index contributed by atoms with van der Waals surface area (Å²) in [5.41, 5.74) is 26.6. The summed E-state index contributed by atoms with van der Waals surface area (Å²) in [5.74, 6) is 0. The van der Waals surface area contributed by atoms with Crippen LogP contribution in [0, 0.1) is 0 Å². The van der Waals surface area contributed by atoms with Gasteiger partial charge >= 0.3 is 0 Å². The standard InChI is InChI=1S/C78H84BN3S/c1-72(2,3)50-31-34-64(55(41-50)49-25-19-16-20-26-49)82-65-47-61-60(76(10,11)38-39-77(61,12)13)46-63(65)79-69-66(43-54(44-67(69)82)80(51-27-21-17-22-28-51)52-29-23-18-24-30-52)81(53-32-33-57-58(42-53)74(6,7)36-35-73(57,4)5)70-56-45-59-62(48-68(56)83-71(70)79)78(14,15)40-37-75(59,8)9/h16-34,41-48H,35-40H2,1-15H3. The minimum atomic E-state index is -0.0625. The molecular formula is C78H84BN3S. The minimum absolute atomic E-state index is 0.00325. The predicted octanol–water partition coefficient (Wildman–Crippen LogP) is 20.5. The Hall–Kier alpha value is -6.82. The average molecular weight is 1110 g/mol. The zero-order valence-electron chi connectivity index (χ0n) is 52.2. The Labute approximate surface area is 500 Å². The number of nitrogens with zero attached hydrogens (tertiary/aromatic N) is 3. The Morgan fingerprint density at radius 3 is 1.46 bits per heavy atom. The monoisotopic (exact) mass is 1110 g/mol. The molecule has 2 aliphatic heterocycles. The van der Waals surface area contributed by atoms with Crippen molar-refractivity contribution >= 4 is 95.0 Å². The number of hydrogen-bond acceptors (Lipinski definition) is 4. The molecule has 5 heteroatoms. The first kappa shape index (κ1) is 54.1. The van der Waals surface area contributed by atoms with E-state index < -0.39 is 0 Å². The molecule has 14 rings (SSSR count). The summed E-state index contributed by atoms with van der Waals surface area (Å²) in [6.45, 7) is 37.0. The van der Waals surface area contributed by atoms with Crippen molar-refractivity contribution in [2.75, 3.05) is 14.7 Å². The first-order chi connectivity index (χ1) is 39.2. The van der Waals surface area contributed by atoms with Crippen molar-refractivity contribution in [3.63, 3.8) is 0 Å². The molecule has 0 bridgehead atoms. The summed E-state index contributed by atoms with van der Waals surface area (Å²) in [6.07, 6.45) is 6.96. The van der Waals surface area contributed by atoms with Crippen LogP contribution in [-0.2, 0) is 37.9 Å². The van der Waals surface area contributed by atoms with E-state index in [1.54, 1.807) is 0 Å². The van der Waals surface area contributed by atoms with E-state index >= 15 is 0 Å². The molecule has 0 atom stereocenters. The smallest absolute Gasteiger partial charge is 0.264 e. The van der Waals surface area contributed by atoms with Crippen LogP contribution in [0.25, 0.3) is 21.2 Å². The van der Waals surface area contributed by atoms with Gasteiger partial charge in [-0.2, -0.15) is 0 Å². The van der Waals surface area contributed by atoms with Crippen molar-refractivity contribution in [1.82, 2.24) is 0 Å². The summed E-state index contributed by atoms with van der Waals surface area (Å²) >= 11 is 2.08. The molecule has 0 unspecified atom stereocenters. The minimum Gasteiger partial charge on any atom is -0.311 e. The highest BCUT2D eigenvalue weighted by molar-refractivity contribution is 7.33. The van der Waals surface area contributed by atoms with E-state index in [1.165, 1.54) is 129 Å². The van der Waals surface area contributed by atoms with Gasteiger partial charge in [-0.15, -0.1) is 11.3 Å². The Bertz CT molecular complexity index is 4050. The van der Waals surface area contributed by atoms with Crippen LogP contribution in [0.5, 0.6) is 0 Å². The lowest BCUT2D eigenvalue weighted by atomic mass is 9.35. The van der Waals surface area contributed by atoms with Gasteiger partial charge < -0.3 is 14.7 Å². The Kier molecular flexibility index (Phi) is 12.0. The SMILES string of the molecule is CC(C)(C)c1ccc(N2c3cc4c(cc3B3c5sc6cc7c(cc6c5N(c5ccc6c(c5)C(C)(C)CCC6(C)C)c5cc(N(c6ccccc6)c6ccccc6)cc2c53)C(C)(C)CCC7(C)C)C(C)(C)CCC4(C)C)c(-c2ccccc2)c1. The first-order valence-electron chi connectivity index (χ1n) is 31.1. The molecule has 3 aliphatic carbocycles. The molecule has 0 saturated carbocycles. The summed E-state index contributed by atoms with van der Waals surface area (Å²) in [4.78, 5) is 8.04. The van der Waals surface area contributed by atoms with E-state index in [1.807, 2.05) is 0 Å². The topological polar surface area (TPSA) is 9.72 Å². The average Bonchev–Trinajstić information content (AvgIpc) is 1.79. The Balaban J connectivity index is 1.18. The van der Waals surface area contributed by atoms with Gasteiger partial charge in [-0.1, -0.05) is 189 Å². The van der Waals surface area contributed by atoms with E-state index in [2.05, 4.69) is 294 Å². The van der Waals surface area contributed by atoms with Crippen LogP contribution in [0.2, 0.25) is 0 Å². The molecule has 0 radical (unpaired) electrons. The van der Waals surface area contributed by atoms with E-state index in [0.29, 0.717) is 0 Å². The molecule has 1 aromatic heterocycles. The normalized spacial score (nSPS) is 19.0. The van der Waals surface area contributed by atoms with Crippen LogP contribution < -0.4 is 30.4 Å². The largest absolute Gasteiger partial charge is 0.311 e. The molecular weight excluding hydrogens is 1020 g/mol. The Morgan fingerprint density at radius 2 is 0.904 bits per heavy atom. The van der Waals surface area contributed by atoms with E-state index in [4.69, 9.17) is 0 Å². The van der Waals surface area contributed by atoms with Crippen molar-refractivity contribution in [1.29, 1.82) is 0 Å². The van der Waals surface area contributed by atoms with Crippen LogP contribution in [0.4, 0.5) is 51.2 Å². The maximum Gasteiger partial charge on any atom is 0.264 e. The second-order valence-electron chi connectivity index (χ2n) is 30.6. The number of fused-ring (bicyclic) bond motifs is 9. The fourth-order valence-electron chi connectivity index (χ4n) is 15.6. The fraction of sp³-hybridized carbons (Fsp3) is 0.359. The van der Waals surface area contributed by atoms with Gasteiger partial charge in [0.05, 0.1) is 17.1 Å². The molecule has 5 aliphatic rings. The third-order valence-corrected chi connectivity index (χ3v) is 22.4. The van der Waals surface area contributed by atoms with Crippen molar-refractivity contribution in [2.45, 2.75) is 180 Å². The second kappa shape index (κ2) is 18.3. The summed E-state index contributed by atoms with van der Waals surface area (Å²) in [6, 6.07) is 64.4. The quantitative estimate of drug-likeness (QED) is 0.154. The maximum absolute atomic E-state index is 2.78. The zero-order chi connectivity index (χ0) is 58.1. The van der Waals surface area contributed by atoms with Crippen molar-refractivity contribution in [3.8, 4) is 11.1 Å². The zero-order valence-corrected chi connectivity index (χ0v) is 53.0. The number of para-hydroxylation sites is 2. The maximum atomic E-state index is 2.78. The first-order valence-corrected chi connectivity index (χ1v) is 31.9. The van der Waals surface area contributed by atoms with Crippen molar-refractivity contribution < 1.29 is 0 Å². The highest BCUT2D eigenvalue weighted by Gasteiger charge is 2.50. The van der Waals surface area contributed by atoms with Gasteiger partial charge in [0.15, 0.2) is 0 Å². The molecule has 8 aromatic carbocycles. The molecule has 0 saturated heterocycles. The van der Waals surface area contributed by atoms with Crippen LogP contribution in [0.15, 0.2) is 164 Å². The summed E-state index contributed by atoms with van der Waals surface area (Å²) in [7, 11) is 0. The number of benzene rings is 8. The van der Waals surface area contributed by atoms with Crippen LogP contribution >= 0.6 is 11.3 Å². The van der Waals surface area contributed by atoms with Gasteiger partial charge in [0, 0.05) is 54.6 Å². The van der Waals surface area contributed by atoms with Crippen LogP contribution in [0.1, 0.15) is 181 Å². The third-order valence-electron chi connectivity index (χ3n) is 21.2. The van der Waals surface area contributed by atoms with E-state index in [0.717, 1.165) is 36.3 Å². The molecule has 3 nitrogen and oxygen atoms in total. The van der Waals surface area contributed by atoms with Gasteiger partial charge in [-0.25, -0.2) is 0 Å². The lowest BCUT2D eigenvalue weighted by Crippen LogP contribution is -2.61. The molecule has 0 spiro atoms. The number of thiophene rings is 1. The molecule has 83 heavy (non-hydrogen) atoms. The summed E-state index contributed by atoms with van der Waals surface area (Å²) < 4.78 is 2.83. The van der Waals surface area contributed by atoms with Crippen molar-refractivity contribution in [3.05, 3.63) is 203 Å². The van der Waals surface area contributed by atoms with Gasteiger partial charge in [0.2, 0.25) is 0 Å². The van der Waals surface area contributed by atoms with Crippen LogP contribution in [-0.4, -0.2) is 6.71 Å². The number of anilines is 9. The van der Waals surface area contributed by atoms with E-state index in [9.17, 15) is 0 Å². The second-order valence-corrected chi connectivity index (χ2v) is 31.6. The highest BCUT2D eigenvalue weighted by Crippen LogP contribution is 2.57. The molecule has 0 fully saturated rings. The highest BCUT2D eigenvalue weighted by atomic mass is 32.1. The van der Waals surface area contributed by atoms with Crippen molar-refractivity contribution in [2.24, 2.45) is 0 Å². The number of rotatable bonds is 6. The lowest BCUT2D eigenvalue weighted by Gasteiger charge is -2.48. The summed E-state index contributed by atoms with van der Waals surface area (Å²) in [5, 5.41) is 1.37. The molecule has 0 N–H and O–H groups in total. The van der Waals surface area contributed by atoms with Gasteiger partial charge in [0.25, 0.3) is 6.71 Å². The number of hydrogen-bond donors (Lipinski definition) is 0. The molecule has 420 valence electrons. The van der Waals surface area contributed by atoms with Crippen LogP contribution in [0.3, 0.4) is 0 Å². The molecule has 0 amide bonds. The third kappa shape index (κ3) is 8.46. The van der Waals surface area contributed by atoms with Gasteiger partial charge in [-0.3, -0.25) is 0 Å². The predicted molar refractivity (Wildman–Crippen MR) is 361 cm³/mol. The van der Waals surface area contributed by atoms with Gasteiger partial charge in [-0.05, 0) is 211 Å². The molecule has 9 aromatic rings. The van der Waals surface area contributed by atoms with E-state index in [-0.39, 0.29) is 44.6 Å². The van der Waals surface area contributed by atoms with Gasteiger partial charge in [0.1, 0.15) is 0 Å². The lowest BCUT2D eigenvalue weighted by molar-refractivity contribution is 0.332. The Morgan fingerprint density at radius 1 is 0.422 bits per heavy atom.